The molecule has 0 aliphatic heterocycles. The first kappa shape index (κ1) is 9.45. The number of hydrogen-bond donors (Lipinski definition) is 0. The van der Waals surface area contributed by atoms with Crippen molar-refractivity contribution in [1.82, 2.24) is 4.98 Å². The molecule has 1 aliphatic carbocycles. The Morgan fingerprint density at radius 2 is 2.29 bits per heavy atom. The third kappa shape index (κ3) is 1.37. The Kier molecular flexibility index (Phi) is 2.18. The minimum absolute atomic E-state index is 0.238. The molecule has 14 heavy (non-hydrogen) atoms. The summed E-state index contributed by atoms with van der Waals surface area (Å²) in [7, 11) is 1.67. The molecule has 3 nitrogen and oxygen atoms in total. The maximum Gasteiger partial charge on any atom is 0.142 e. The number of rotatable bonds is 2. The second-order valence-corrected chi connectivity index (χ2v) is 3.70. The Hall–Kier alpha value is -1.11. The van der Waals surface area contributed by atoms with Gasteiger partial charge in [0, 0.05) is 12.7 Å². The summed E-state index contributed by atoms with van der Waals surface area (Å²) in [5.74, 6) is 0. The van der Waals surface area contributed by atoms with Gasteiger partial charge in [0.1, 0.15) is 16.9 Å². The molecule has 0 saturated heterocycles. The molecule has 0 N–H and O–H groups in total. The van der Waals surface area contributed by atoms with E-state index in [1.165, 1.54) is 0 Å². The standard InChI is InChI=1S/C10H9ClN2O/c1-14-10(4-5-10)8-3-2-7(6-12)13-9(8)11/h2-3H,4-5H2,1H3. The van der Waals surface area contributed by atoms with Crippen LogP contribution in [0.2, 0.25) is 5.15 Å². The summed E-state index contributed by atoms with van der Waals surface area (Å²) in [4.78, 5) is 3.97. The monoisotopic (exact) mass is 208 g/mol. The molecule has 0 spiro atoms. The fraction of sp³-hybridized carbons (Fsp3) is 0.400. The van der Waals surface area contributed by atoms with E-state index in [-0.39, 0.29) is 5.60 Å². The first-order valence-electron chi connectivity index (χ1n) is 4.34. The largest absolute Gasteiger partial charge is 0.373 e. The lowest BCUT2D eigenvalue weighted by molar-refractivity contribution is 0.0787. The van der Waals surface area contributed by atoms with Crippen LogP contribution in [0.4, 0.5) is 0 Å². The normalized spacial score (nSPS) is 17.5. The lowest BCUT2D eigenvalue weighted by Gasteiger charge is -2.14. The average molecular weight is 209 g/mol. The van der Waals surface area contributed by atoms with Gasteiger partial charge in [-0.1, -0.05) is 17.7 Å². The number of methoxy groups -OCH3 is 1. The molecule has 1 aliphatic rings. The van der Waals surface area contributed by atoms with E-state index in [9.17, 15) is 0 Å². The van der Waals surface area contributed by atoms with Crippen molar-refractivity contribution in [2.45, 2.75) is 18.4 Å². The molecule has 1 fully saturated rings. The van der Waals surface area contributed by atoms with Crippen LogP contribution in [0.5, 0.6) is 0 Å². The Morgan fingerprint density at radius 1 is 1.57 bits per heavy atom. The number of ether oxygens (including phenoxy) is 1. The van der Waals surface area contributed by atoms with Gasteiger partial charge in [0.05, 0.1) is 5.60 Å². The van der Waals surface area contributed by atoms with Gasteiger partial charge in [-0.05, 0) is 18.9 Å². The van der Waals surface area contributed by atoms with Gasteiger partial charge in [-0.2, -0.15) is 5.26 Å². The molecule has 0 bridgehead atoms. The van der Waals surface area contributed by atoms with E-state index in [0.717, 1.165) is 18.4 Å². The maximum atomic E-state index is 8.63. The number of aromatic nitrogens is 1. The van der Waals surface area contributed by atoms with Crippen molar-refractivity contribution in [3.05, 3.63) is 28.5 Å². The molecule has 0 amide bonds. The highest BCUT2D eigenvalue weighted by Gasteiger charge is 2.46. The van der Waals surface area contributed by atoms with Crippen molar-refractivity contribution in [2.24, 2.45) is 0 Å². The smallest absolute Gasteiger partial charge is 0.142 e. The molecule has 2 rings (SSSR count). The number of hydrogen-bond acceptors (Lipinski definition) is 3. The Morgan fingerprint density at radius 3 is 2.71 bits per heavy atom. The fourth-order valence-corrected chi connectivity index (χ4v) is 1.86. The lowest BCUT2D eigenvalue weighted by atomic mass is 10.1. The van der Waals surface area contributed by atoms with E-state index in [1.54, 1.807) is 13.2 Å². The highest BCUT2D eigenvalue weighted by Crippen LogP contribution is 2.50. The van der Waals surface area contributed by atoms with Crippen molar-refractivity contribution in [1.29, 1.82) is 5.26 Å². The van der Waals surface area contributed by atoms with Gasteiger partial charge < -0.3 is 4.74 Å². The van der Waals surface area contributed by atoms with Gasteiger partial charge in [0.15, 0.2) is 0 Å². The van der Waals surface area contributed by atoms with Crippen LogP contribution in [0.3, 0.4) is 0 Å². The Bertz CT molecular complexity index is 407. The number of nitriles is 1. The topological polar surface area (TPSA) is 45.9 Å². The van der Waals surface area contributed by atoms with Gasteiger partial charge in [-0.15, -0.1) is 0 Å². The molecule has 0 unspecified atom stereocenters. The highest BCUT2D eigenvalue weighted by molar-refractivity contribution is 6.30. The van der Waals surface area contributed by atoms with Gasteiger partial charge in [-0.25, -0.2) is 4.98 Å². The fourth-order valence-electron chi connectivity index (χ4n) is 1.53. The van der Waals surface area contributed by atoms with Crippen LogP contribution in [-0.2, 0) is 10.3 Å². The summed E-state index contributed by atoms with van der Waals surface area (Å²) in [6, 6.07) is 5.44. The first-order chi connectivity index (χ1) is 6.72. The van der Waals surface area contributed by atoms with Crippen LogP contribution in [0.25, 0.3) is 0 Å². The van der Waals surface area contributed by atoms with E-state index >= 15 is 0 Å². The predicted molar refractivity (Wildman–Crippen MR) is 51.9 cm³/mol. The molecule has 72 valence electrons. The summed E-state index contributed by atoms with van der Waals surface area (Å²) in [6.07, 6.45) is 1.94. The molecule has 1 aromatic rings. The first-order valence-corrected chi connectivity index (χ1v) is 4.72. The van der Waals surface area contributed by atoms with E-state index in [4.69, 9.17) is 21.6 Å². The Balaban J connectivity index is 2.42. The van der Waals surface area contributed by atoms with Crippen LogP contribution in [0, 0.1) is 11.3 Å². The maximum absolute atomic E-state index is 8.63. The van der Waals surface area contributed by atoms with Crippen LogP contribution >= 0.6 is 11.6 Å². The molecule has 1 aromatic heterocycles. The second kappa shape index (κ2) is 3.23. The van der Waals surface area contributed by atoms with Gasteiger partial charge in [0.25, 0.3) is 0 Å². The highest BCUT2D eigenvalue weighted by atomic mass is 35.5. The summed E-state index contributed by atoms with van der Waals surface area (Å²) in [5, 5.41) is 9.00. The van der Waals surface area contributed by atoms with E-state index in [2.05, 4.69) is 4.98 Å². The van der Waals surface area contributed by atoms with Crippen molar-refractivity contribution in [2.75, 3.05) is 7.11 Å². The molecule has 0 atom stereocenters. The van der Waals surface area contributed by atoms with Gasteiger partial charge in [-0.3, -0.25) is 0 Å². The zero-order valence-electron chi connectivity index (χ0n) is 7.75. The van der Waals surface area contributed by atoms with Crippen LogP contribution in [0.15, 0.2) is 12.1 Å². The Labute approximate surface area is 87.3 Å². The summed E-state index contributed by atoms with van der Waals surface area (Å²) in [6.45, 7) is 0. The van der Waals surface area contributed by atoms with E-state index in [0.29, 0.717) is 10.8 Å². The van der Waals surface area contributed by atoms with Crippen molar-refractivity contribution in [3.63, 3.8) is 0 Å². The zero-order valence-corrected chi connectivity index (χ0v) is 8.51. The van der Waals surface area contributed by atoms with Crippen molar-refractivity contribution < 1.29 is 4.74 Å². The molecule has 4 heteroatoms. The number of nitrogens with zero attached hydrogens (tertiary/aromatic N) is 2. The average Bonchev–Trinajstić information content (AvgIpc) is 2.98. The van der Waals surface area contributed by atoms with Gasteiger partial charge >= 0.3 is 0 Å². The summed E-state index contributed by atoms with van der Waals surface area (Å²) >= 11 is 5.97. The van der Waals surface area contributed by atoms with Crippen LogP contribution in [0.1, 0.15) is 24.1 Å². The molecular weight excluding hydrogens is 200 g/mol. The number of halogens is 1. The van der Waals surface area contributed by atoms with Gasteiger partial charge in [0.2, 0.25) is 0 Å². The minimum Gasteiger partial charge on any atom is -0.373 e. The minimum atomic E-state index is -0.238. The molecule has 0 aromatic carbocycles. The van der Waals surface area contributed by atoms with E-state index < -0.39 is 0 Å². The third-order valence-electron chi connectivity index (χ3n) is 2.55. The number of pyridine rings is 1. The van der Waals surface area contributed by atoms with Crippen molar-refractivity contribution in [3.8, 4) is 6.07 Å². The second-order valence-electron chi connectivity index (χ2n) is 3.35. The molecule has 1 heterocycles. The molecule has 1 saturated carbocycles. The predicted octanol–water partition coefficient (Wildman–Crippen LogP) is 2.24. The van der Waals surface area contributed by atoms with Crippen LogP contribution in [-0.4, -0.2) is 12.1 Å². The zero-order chi connectivity index (χ0) is 10.2. The SMILES string of the molecule is COC1(c2ccc(C#N)nc2Cl)CC1. The van der Waals surface area contributed by atoms with E-state index in [1.807, 2.05) is 12.1 Å². The lowest BCUT2D eigenvalue weighted by Crippen LogP contribution is -2.10. The summed E-state index contributed by atoms with van der Waals surface area (Å²) < 4.78 is 5.38. The quantitative estimate of drug-likeness (QED) is 0.701. The van der Waals surface area contributed by atoms with Crippen molar-refractivity contribution >= 4 is 11.6 Å². The van der Waals surface area contributed by atoms with Crippen LogP contribution < -0.4 is 0 Å². The molecule has 0 radical (unpaired) electrons. The summed E-state index contributed by atoms with van der Waals surface area (Å²) in [5.41, 5.74) is 0.990. The molecular formula is C10H9ClN2O. The third-order valence-corrected chi connectivity index (χ3v) is 2.84.